The summed E-state index contributed by atoms with van der Waals surface area (Å²) in [5.74, 6) is -1.22. The van der Waals surface area contributed by atoms with Gasteiger partial charge in [0, 0.05) is 23.9 Å². The highest BCUT2D eigenvalue weighted by molar-refractivity contribution is 6.30. The molecule has 25 heavy (non-hydrogen) atoms. The monoisotopic (exact) mass is 359 g/mol. The molecular weight excluding hydrogens is 342 g/mol. The highest BCUT2D eigenvalue weighted by atomic mass is 35.5. The Hall–Kier alpha value is -2.37. The van der Waals surface area contributed by atoms with Crippen LogP contribution >= 0.6 is 11.6 Å². The first-order valence-corrected chi connectivity index (χ1v) is 8.38. The number of halogens is 1. The maximum atomic E-state index is 13.1. The van der Waals surface area contributed by atoms with Crippen LogP contribution in [0, 0.1) is 0 Å². The molecule has 3 rings (SSSR count). The standard InChI is InChI=1S/C19H18ClNO4/c20-15-5-2-4-14(12-15)19(7-9-25-10-8-19)18(24)21-16-6-1-3-13(11-16)17(22)23/h1-6,11-12H,7-10H2,(H,21,24)(H,22,23). The van der Waals surface area contributed by atoms with Gasteiger partial charge in [-0.25, -0.2) is 4.79 Å². The molecule has 0 atom stereocenters. The Labute approximate surface area is 150 Å². The van der Waals surface area contributed by atoms with Gasteiger partial charge in [0.15, 0.2) is 0 Å². The molecule has 2 N–H and O–H groups in total. The van der Waals surface area contributed by atoms with E-state index in [1.807, 2.05) is 12.1 Å². The van der Waals surface area contributed by atoms with Crippen molar-refractivity contribution >= 4 is 29.2 Å². The van der Waals surface area contributed by atoms with Crippen LogP contribution in [0.15, 0.2) is 48.5 Å². The third-order valence-electron chi connectivity index (χ3n) is 4.53. The van der Waals surface area contributed by atoms with Gasteiger partial charge in [0.2, 0.25) is 5.91 Å². The maximum absolute atomic E-state index is 13.1. The smallest absolute Gasteiger partial charge is 0.335 e. The van der Waals surface area contributed by atoms with Gasteiger partial charge in [-0.05, 0) is 48.7 Å². The summed E-state index contributed by atoms with van der Waals surface area (Å²) in [7, 11) is 0. The van der Waals surface area contributed by atoms with Crippen molar-refractivity contribution in [1.82, 2.24) is 0 Å². The number of carboxylic acids is 1. The summed E-state index contributed by atoms with van der Waals surface area (Å²) >= 11 is 6.12. The van der Waals surface area contributed by atoms with E-state index in [-0.39, 0.29) is 11.5 Å². The number of rotatable bonds is 4. The normalized spacial score (nSPS) is 16.2. The van der Waals surface area contributed by atoms with Gasteiger partial charge in [0.05, 0.1) is 11.0 Å². The number of carbonyl (C=O) groups is 2. The predicted molar refractivity (Wildman–Crippen MR) is 95.2 cm³/mol. The molecule has 130 valence electrons. The van der Waals surface area contributed by atoms with Gasteiger partial charge >= 0.3 is 5.97 Å². The average Bonchev–Trinajstić information content (AvgIpc) is 2.62. The molecule has 2 aromatic carbocycles. The first-order chi connectivity index (χ1) is 12.0. The van der Waals surface area contributed by atoms with E-state index in [1.165, 1.54) is 12.1 Å². The highest BCUT2D eigenvalue weighted by Crippen LogP contribution is 2.37. The Kier molecular flexibility index (Phi) is 5.06. The lowest BCUT2D eigenvalue weighted by Crippen LogP contribution is -2.44. The molecule has 0 aromatic heterocycles. The molecule has 0 radical (unpaired) electrons. The lowest BCUT2D eigenvalue weighted by atomic mass is 9.73. The molecule has 1 aliphatic heterocycles. The largest absolute Gasteiger partial charge is 0.478 e. The van der Waals surface area contributed by atoms with Crippen molar-refractivity contribution in [2.45, 2.75) is 18.3 Å². The number of carboxylic acid groups (broad SMARTS) is 1. The molecule has 0 saturated carbocycles. The van der Waals surface area contributed by atoms with Gasteiger partial charge in [-0.2, -0.15) is 0 Å². The summed E-state index contributed by atoms with van der Waals surface area (Å²) in [6, 6.07) is 13.5. The van der Waals surface area contributed by atoms with Crippen molar-refractivity contribution in [2.75, 3.05) is 18.5 Å². The predicted octanol–water partition coefficient (Wildman–Crippen LogP) is 3.73. The van der Waals surface area contributed by atoms with Crippen LogP contribution in [0.25, 0.3) is 0 Å². The van der Waals surface area contributed by atoms with Gasteiger partial charge in [-0.15, -0.1) is 0 Å². The Morgan fingerprint density at radius 1 is 1.08 bits per heavy atom. The Bertz CT molecular complexity index is 800. The minimum atomic E-state index is -1.04. The first-order valence-electron chi connectivity index (χ1n) is 8.00. The van der Waals surface area contributed by atoms with Gasteiger partial charge in [0.1, 0.15) is 0 Å². The van der Waals surface area contributed by atoms with E-state index in [9.17, 15) is 9.59 Å². The van der Waals surface area contributed by atoms with Crippen LogP contribution in [-0.4, -0.2) is 30.2 Å². The van der Waals surface area contributed by atoms with Crippen LogP contribution in [0.5, 0.6) is 0 Å². The zero-order valence-electron chi connectivity index (χ0n) is 13.5. The van der Waals surface area contributed by atoms with Crippen molar-refractivity contribution in [1.29, 1.82) is 0 Å². The van der Waals surface area contributed by atoms with E-state index >= 15 is 0 Å². The first kappa shape index (κ1) is 17.5. The summed E-state index contributed by atoms with van der Waals surface area (Å²) in [4.78, 5) is 24.2. The summed E-state index contributed by atoms with van der Waals surface area (Å²) in [5, 5.41) is 12.5. The molecule has 0 bridgehead atoms. The maximum Gasteiger partial charge on any atom is 0.335 e. The summed E-state index contributed by atoms with van der Waals surface area (Å²) < 4.78 is 5.44. The van der Waals surface area contributed by atoms with E-state index in [0.29, 0.717) is 36.8 Å². The fourth-order valence-corrected chi connectivity index (χ4v) is 3.32. The van der Waals surface area contributed by atoms with Gasteiger partial charge < -0.3 is 15.2 Å². The average molecular weight is 360 g/mol. The quantitative estimate of drug-likeness (QED) is 0.872. The molecule has 1 fully saturated rings. The lowest BCUT2D eigenvalue weighted by Gasteiger charge is -2.36. The van der Waals surface area contributed by atoms with E-state index < -0.39 is 11.4 Å². The van der Waals surface area contributed by atoms with Crippen LogP contribution in [0.4, 0.5) is 5.69 Å². The zero-order chi connectivity index (χ0) is 17.9. The number of benzene rings is 2. The third kappa shape index (κ3) is 3.67. The van der Waals surface area contributed by atoms with E-state index in [4.69, 9.17) is 21.4 Å². The molecule has 5 nitrogen and oxygen atoms in total. The van der Waals surface area contributed by atoms with Gasteiger partial charge in [-0.1, -0.05) is 29.8 Å². The fraction of sp³-hybridized carbons (Fsp3) is 0.263. The third-order valence-corrected chi connectivity index (χ3v) is 4.76. The van der Waals surface area contributed by atoms with E-state index in [1.54, 1.807) is 24.3 Å². The molecule has 1 amide bonds. The molecule has 2 aromatic rings. The molecular formula is C19H18ClNO4. The highest BCUT2D eigenvalue weighted by Gasteiger charge is 2.41. The molecule has 0 aliphatic carbocycles. The minimum absolute atomic E-state index is 0.126. The second kappa shape index (κ2) is 7.25. The van der Waals surface area contributed by atoms with Crippen molar-refractivity contribution in [2.24, 2.45) is 0 Å². The van der Waals surface area contributed by atoms with Crippen LogP contribution in [-0.2, 0) is 14.9 Å². The SMILES string of the molecule is O=C(O)c1cccc(NC(=O)C2(c3cccc(Cl)c3)CCOCC2)c1. The van der Waals surface area contributed by atoms with E-state index in [0.717, 1.165) is 5.56 Å². The Balaban J connectivity index is 1.93. The number of nitrogens with one attached hydrogen (secondary N) is 1. The molecule has 0 unspecified atom stereocenters. The van der Waals surface area contributed by atoms with Crippen molar-refractivity contribution in [3.8, 4) is 0 Å². The molecule has 1 heterocycles. The Morgan fingerprint density at radius 2 is 1.80 bits per heavy atom. The number of ether oxygens (including phenoxy) is 1. The summed E-state index contributed by atoms with van der Waals surface area (Å²) in [5.41, 5.74) is 0.678. The van der Waals surface area contributed by atoms with Crippen LogP contribution in [0.1, 0.15) is 28.8 Å². The number of anilines is 1. The van der Waals surface area contributed by atoms with Crippen LogP contribution in [0.3, 0.4) is 0 Å². The van der Waals surface area contributed by atoms with Crippen molar-refractivity contribution < 1.29 is 19.4 Å². The molecule has 1 aliphatic rings. The van der Waals surface area contributed by atoms with Gasteiger partial charge in [0.25, 0.3) is 0 Å². The molecule has 0 spiro atoms. The number of amides is 1. The summed E-state index contributed by atoms with van der Waals surface area (Å²) in [6.07, 6.45) is 1.08. The van der Waals surface area contributed by atoms with E-state index in [2.05, 4.69) is 5.32 Å². The lowest BCUT2D eigenvalue weighted by molar-refractivity contribution is -0.125. The topological polar surface area (TPSA) is 75.6 Å². The number of hydrogen-bond acceptors (Lipinski definition) is 3. The van der Waals surface area contributed by atoms with Crippen molar-refractivity contribution in [3.05, 3.63) is 64.7 Å². The molecule has 6 heteroatoms. The second-order valence-corrected chi connectivity index (χ2v) is 6.48. The summed E-state index contributed by atoms with van der Waals surface area (Å²) in [6.45, 7) is 0.962. The number of hydrogen-bond donors (Lipinski definition) is 2. The zero-order valence-corrected chi connectivity index (χ0v) is 14.3. The van der Waals surface area contributed by atoms with Crippen molar-refractivity contribution in [3.63, 3.8) is 0 Å². The number of aromatic carboxylic acids is 1. The fourth-order valence-electron chi connectivity index (χ4n) is 3.13. The van der Waals surface area contributed by atoms with Crippen LogP contribution < -0.4 is 5.32 Å². The Morgan fingerprint density at radius 3 is 2.48 bits per heavy atom. The minimum Gasteiger partial charge on any atom is -0.478 e. The number of carbonyl (C=O) groups excluding carboxylic acids is 1. The molecule has 1 saturated heterocycles. The van der Waals surface area contributed by atoms with Crippen LogP contribution in [0.2, 0.25) is 5.02 Å². The van der Waals surface area contributed by atoms with Gasteiger partial charge in [-0.3, -0.25) is 4.79 Å². The second-order valence-electron chi connectivity index (χ2n) is 6.04.